The number of halogens is 3. The molecule has 1 atom stereocenters. The number of nitrogens with one attached hydrogen (secondary N) is 1. The van der Waals surface area contributed by atoms with Gasteiger partial charge in [0.2, 0.25) is 0 Å². The summed E-state index contributed by atoms with van der Waals surface area (Å²) in [7, 11) is 0. The lowest BCUT2D eigenvalue weighted by Gasteiger charge is -2.35. The molecule has 0 saturated carbocycles. The van der Waals surface area contributed by atoms with Crippen LogP contribution in [-0.4, -0.2) is 48.0 Å². The lowest BCUT2D eigenvalue weighted by molar-refractivity contribution is -0.138. The summed E-state index contributed by atoms with van der Waals surface area (Å²) in [5.41, 5.74) is 2.39. The van der Waals surface area contributed by atoms with Gasteiger partial charge in [0, 0.05) is 43.0 Å². The molecule has 0 bridgehead atoms. The fourth-order valence-corrected chi connectivity index (χ4v) is 4.27. The number of piperidine rings is 1. The third-order valence-electron chi connectivity index (χ3n) is 6.17. The fraction of sp³-hybridized carbons (Fsp3) is 0.478. The second-order valence-corrected chi connectivity index (χ2v) is 8.30. The van der Waals surface area contributed by atoms with Gasteiger partial charge in [-0.15, -0.1) is 0 Å². The summed E-state index contributed by atoms with van der Waals surface area (Å²) in [6.07, 6.45) is 3.57. The van der Waals surface area contributed by atoms with Gasteiger partial charge >= 0.3 is 6.18 Å². The first-order valence-corrected chi connectivity index (χ1v) is 10.5. The number of hydrogen-bond acceptors (Lipinski definition) is 4. The molecule has 0 radical (unpaired) electrons. The van der Waals surface area contributed by atoms with Crippen LogP contribution in [0.15, 0.2) is 41.7 Å². The van der Waals surface area contributed by atoms with Crippen molar-refractivity contribution in [1.82, 2.24) is 9.88 Å². The Labute approximate surface area is 174 Å². The van der Waals surface area contributed by atoms with Crippen molar-refractivity contribution >= 4 is 28.4 Å². The van der Waals surface area contributed by atoms with E-state index in [-0.39, 0.29) is 12.6 Å². The third kappa shape index (κ3) is 5.19. The van der Waals surface area contributed by atoms with Crippen LogP contribution in [0, 0.1) is 5.92 Å². The third-order valence-corrected chi connectivity index (χ3v) is 6.17. The summed E-state index contributed by atoms with van der Waals surface area (Å²) in [4.78, 5) is 10.7. The number of pyridine rings is 1. The summed E-state index contributed by atoms with van der Waals surface area (Å²) < 4.78 is 37.3. The van der Waals surface area contributed by atoms with Crippen molar-refractivity contribution in [2.45, 2.75) is 44.8 Å². The number of aliphatic imine (C=N–C) groups is 1. The normalized spacial score (nSPS) is 19.3. The first-order valence-electron chi connectivity index (χ1n) is 10.5. The first kappa shape index (κ1) is 20.8. The van der Waals surface area contributed by atoms with Crippen LogP contribution in [0.5, 0.6) is 0 Å². The summed E-state index contributed by atoms with van der Waals surface area (Å²) >= 11 is 0. The highest BCUT2D eigenvalue weighted by molar-refractivity contribution is 5.91. The van der Waals surface area contributed by atoms with Gasteiger partial charge in [-0.2, -0.15) is 13.2 Å². The second kappa shape index (κ2) is 8.76. The molecule has 1 unspecified atom stereocenters. The van der Waals surface area contributed by atoms with Crippen LogP contribution in [0.4, 0.5) is 19.0 Å². The van der Waals surface area contributed by atoms with Crippen LogP contribution in [0.25, 0.3) is 16.3 Å². The van der Waals surface area contributed by atoms with E-state index in [4.69, 9.17) is 0 Å². The van der Waals surface area contributed by atoms with E-state index < -0.39 is 12.6 Å². The second-order valence-electron chi connectivity index (χ2n) is 8.30. The number of allylic oxidation sites excluding steroid dienone is 1. The SMILES string of the molecule is CC(Nc1cc2cc(C3=CN=CC3)ccc2cn1)C1CCN(CCC(F)(F)F)CC1. The average molecular weight is 416 g/mol. The van der Waals surface area contributed by atoms with Gasteiger partial charge in [-0.25, -0.2) is 4.98 Å². The van der Waals surface area contributed by atoms with Crippen molar-refractivity contribution in [3.8, 4) is 0 Å². The summed E-state index contributed by atoms with van der Waals surface area (Å²) in [5.74, 6) is 1.26. The number of alkyl halides is 3. The maximum atomic E-state index is 12.4. The van der Waals surface area contributed by atoms with E-state index in [1.54, 1.807) is 0 Å². The average Bonchev–Trinajstić information content (AvgIpc) is 3.26. The first-order chi connectivity index (χ1) is 14.4. The Kier molecular flexibility index (Phi) is 6.09. The molecule has 2 aliphatic heterocycles. The van der Waals surface area contributed by atoms with Gasteiger partial charge < -0.3 is 10.2 Å². The van der Waals surface area contributed by atoms with Crippen LogP contribution in [0.1, 0.15) is 38.2 Å². The van der Waals surface area contributed by atoms with Gasteiger partial charge in [0.05, 0.1) is 6.42 Å². The van der Waals surface area contributed by atoms with Crippen molar-refractivity contribution in [2.24, 2.45) is 10.9 Å². The topological polar surface area (TPSA) is 40.5 Å². The van der Waals surface area contributed by atoms with E-state index in [1.807, 2.05) is 23.5 Å². The maximum Gasteiger partial charge on any atom is 0.390 e. The van der Waals surface area contributed by atoms with Crippen LogP contribution in [0.3, 0.4) is 0 Å². The molecule has 1 aromatic carbocycles. The van der Waals surface area contributed by atoms with Crippen LogP contribution in [-0.2, 0) is 0 Å². The van der Waals surface area contributed by atoms with E-state index in [9.17, 15) is 13.2 Å². The number of likely N-dealkylation sites (tertiary alicyclic amines) is 1. The van der Waals surface area contributed by atoms with Crippen LogP contribution >= 0.6 is 0 Å². The van der Waals surface area contributed by atoms with Crippen molar-refractivity contribution in [1.29, 1.82) is 0 Å². The summed E-state index contributed by atoms with van der Waals surface area (Å²) in [6, 6.07) is 8.65. The Bertz CT molecular complexity index is 943. The van der Waals surface area contributed by atoms with Gasteiger partial charge in [0.1, 0.15) is 5.82 Å². The Hall–Kier alpha value is -2.41. The Morgan fingerprint density at radius 2 is 1.97 bits per heavy atom. The molecule has 1 fully saturated rings. The molecule has 3 heterocycles. The molecule has 4 rings (SSSR count). The highest BCUT2D eigenvalue weighted by Gasteiger charge is 2.30. The minimum atomic E-state index is -4.07. The lowest BCUT2D eigenvalue weighted by atomic mass is 9.90. The Morgan fingerprint density at radius 1 is 1.17 bits per heavy atom. The number of hydrogen-bond donors (Lipinski definition) is 1. The number of anilines is 1. The predicted octanol–water partition coefficient (Wildman–Crippen LogP) is 5.52. The Morgan fingerprint density at radius 3 is 2.67 bits per heavy atom. The van der Waals surface area contributed by atoms with E-state index in [0.717, 1.165) is 48.9 Å². The molecule has 160 valence electrons. The van der Waals surface area contributed by atoms with Crippen molar-refractivity contribution < 1.29 is 13.2 Å². The number of aromatic nitrogens is 1. The zero-order valence-electron chi connectivity index (χ0n) is 17.1. The standard InChI is InChI=1S/C23H27F3N4/c1-16(17-5-9-30(10-6-17)11-7-23(24,25)26)29-22-13-21-12-18(20-4-8-27-14-20)2-3-19(21)15-28-22/h2-3,8,12-17H,4-7,9-11H2,1H3,(H,28,29). The van der Waals surface area contributed by atoms with Crippen LogP contribution in [0.2, 0.25) is 0 Å². The summed E-state index contributed by atoms with van der Waals surface area (Å²) in [6.45, 7) is 3.68. The van der Waals surface area contributed by atoms with E-state index in [1.165, 1.54) is 11.1 Å². The Balaban J connectivity index is 1.35. The molecule has 0 amide bonds. The predicted molar refractivity (Wildman–Crippen MR) is 116 cm³/mol. The molecule has 1 aromatic heterocycles. The summed E-state index contributed by atoms with van der Waals surface area (Å²) in [5, 5.41) is 5.74. The van der Waals surface area contributed by atoms with Crippen molar-refractivity contribution in [3.05, 3.63) is 42.2 Å². The molecular weight excluding hydrogens is 389 g/mol. The molecule has 1 N–H and O–H groups in total. The molecule has 30 heavy (non-hydrogen) atoms. The number of fused-ring (bicyclic) bond motifs is 1. The molecule has 4 nitrogen and oxygen atoms in total. The number of nitrogens with zero attached hydrogens (tertiary/aromatic N) is 3. The molecule has 2 aromatic rings. The zero-order chi connectivity index (χ0) is 21.1. The van der Waals surface area contributed by atoms with E-state index in [0.29, 0.717) is 5.92 Å². The van der Waals surface area contributed by atoms with Gasteiger partial charge in [-0.05, 0) is 67.4 Å². The highest BCUT2D eigenvalue weighted by Crippen LogP contribution is 2.28. The van der Waals surface area contributed by atoms with Gasteiger partial charge in [0.15, 0.2) is 0 Å². The maximum absolute atomic E-state index is 12.4. The largest absolute Gasteiger partial charge is 0.390 e. The molecule has 0 aliphatic carbocycles. The molecular formula is C23H27F3N4. The van der Waals surface area contributed by atoms with Crippen LogP contribution < -0.4 is 5.32 Å². The fourth-order valence-electron chi connectivity index (χ4n) is 4.27. The number of rotatable bonds is 6. The minimum absolute atomic E-state index is 0.105. The monoisotopic (exact) mass is 416 g/mol. The van der Waals surface area contributed by atoms with Crippen molar-refractivity contribution in [3.63, 3.8) is 0 Å². The molecule has 7 heteroatoms. The zero-order valence-corrected chi connectivity index (χ0v) is 17.1. The van der Waals surface area contributed by atoms with Gasteiger partial charge in [-0.1, -0.05) is 12.1 Å². The smallest absolute Gasteiger partial charge is 0.367 e. The minimum Gasteiger partial charge on any atom is -0.367 e. The van der Waals surface area contributed by atoms with Gasteiger partial charge in [0.25, 0.3) is 0 Å². The van der Waals surface area contributed by atoms with E-state index in [2.05, 4.69) is 46.5 Å². The highest BCUT2D eigenvalue weighted by atomic mass is 19.4. The quantitative estimate of drug-likeness (QED) is 0.675. The van der Waals surface area contributed by atoms with Crippen molar-refractivity contribution in [2.75, 3.05) is 25.0 Å². The molecule has 2 aliphatic rings. The van der Waals surface area contributed by atoms with Gasteiger partial charge in [-0.3, -0.25) is 4.99 Å². The van der Waals surface area contributed by atoms with E-state index >= 15 is 0 Å². The molecule has 0 spiro atoms. The number of benzene rings is 1. The molecule has 1 saturated heterocycles. The lowest BCUT2D eigenvalue weighted by Crippen LogP contribution is -2.40.